The van der Waals surface area contributed by atoms with Crippen molar-refractivity contribution in [1.82, 2.24) is 10.2 Å². The Morgan fingerprint density at radius 1 is 1.33 bits per heavy atom. The lowest BCUT2D eigenvalue weighted by Crippen LogP contribution is -2.47. The van der Waals surface area contributed by atoms with Crippen LogP contribution in [0.15, 0.2) is 25.3 Å². The molecule has 2 amide bonds. The second-order valence-electron chi connectivity index (χ2n) is 5.45. The number of nitrogens with zero attached hydrogens (tertiary/aromatic N) is 1. The molecule has 1 aliphatic heterocycles. The summed E-state index contributed by atoms with van der Waals surface area (Å²) in [6.45, 7) is 9.56. The molecule has 5 nitrogen and oxygen atoms in total. The van der Waals surface area contributed by atoms with Crippen molar-refractivity contribution >= 4 is 11.8 Å². The highest BCUT2D eigenvalue weighted by molar-refractivity contribution is 5.82. The van der Waals surface area contributed by atoms with Crippen molar-refractivity contribution in [1.29, 1.82) is 0 Å². The van der Waals surface area contributed by atoms with E-state index in [2.05, 4.69) is 18.5 Å². The van der Waals surface area contributed by atoms with Crippen molar-refractivity contribution in [2.45, 2.75) is 25.7 Å². The van der Waals surface area contributed by atoms with Crippen LogP contribution in [0.3, 0.4) is 0 Å². The lowest BCUT2D eigenvalue weighted by Gasteiger charge is -2.34. The molecule has 0 radical (unpaired) electrons. The summed E-state index contributed by atoms with van der Waals surface area (Å²) < 4.78 is 0. The molecule has 0 saturated carbocycles. The summed E-state index contributed by atoms with van der Waals surface area (Å²) in [4.78, 5) is 26.4. The van der Waals surface area contributed by atoms with E-state index in [-0.39, 0.29) is 23.7 Å². The molecule has 0 spiro atoms. The number of likely N-dealkylation sites (tertiary alicyclic amines) is 1. The van der Waals surface area contributed by atoms with Crippen molar-refractivity contribution in [3.63, 3.8) is 0 Å². The number of hydrogen-bond donors (Lipinski definition) is 2. The largest absolute Gasteiger partial charge is 0.355 e. The third-order valence-corrected chi connectivity index (χ3v) is 3.80. The Labute approximate surface area is 127 Å². The third kappa shape index (κ3) is 5.34. The molecule has 1 rings (SSSR count). The van der Waals surface area contributed by atoms with Crippen LogP contribution in [0.1, 0.15) is 25.7 Å². The first-order chi connectivity index (χ1) is 10.1. The number of piperidine rings is 1. The van der Waals surface area contributed by atoms with Crippen molar-refractivity contribution in [2.24, 2.45) is 17.6 Å². The summed E-state index contributed by atoms with van der Waals surface area (Å²) in [5.41, 5.74) is 5.39. The predicted octanol–water partition coefficient (Wildman–Crippen LogP) is 1.07. The molecule has 0 bridgehead atoms. The van der Waals surface area contributed by atoms with E-state index in [1.807, 2.05) is 4.90 Å². The van der Waals surface area contributed by atoms with E-state index in [0.29, 0.717) is 32.5 Å². The number of amides is 2. The minimum Gasteiger partial charge on any atom is -0.355 e. The number of carbonyl (C=O) groups excluding carboxylic acids is 2. The number of rotatable bonds is 8. The molecule has 118 valence electrons. The molecular formula is C16H27N3O2. The topological polar surface area (TPSA) is 75.4 Å². The lowest BCUT2D eigenvalue weighted by atomic mass is 9.93. The normalized spacial score (nSPS) is 18.4. The summed E-state index contributed by atoms with van der Waals surface area (Å²) in [5, 5.41) is 2.81. The third-order valence-electron chi connectivity index (χ3n) is 3.80. The second kappa shape index (κ2) is 9.34. The van der Waals surface area contributed by atoms with E-state index >= 15 is 0 Å². The molecule has 1 unspecified atom stereocenters. The first-order valence-electron chi connectivity index (χ1n) is 7.62. The zero-order valence-corrected chi connectivity index (χ0v) is 12.7. The van der Waals surface area contributed by atoms with Crippen molar-refractivity contribution < 1.29 is 9.59 Å². The van der Waals surface area contributed by atoms with Crippen LogP contribution in [0.4, 0.5) is 0 Å². The zero-order chi connectivity index (χ0) is 15.7. The van der Waals surface area contributed by atoms with Crippen LogP contribution in [0.5, 0.6) is 0 Å². The van der Waals surface area contributed by atoms with Crippen LogP contribution in [-0.4, -0.2) is 42.9 Å². The second-order valence-corrected chi connectivity index (χ2v) is 5.45. The van der Waals surface area contributed by atoms with Gasteiger partial charge < -0.3 is 16.0 Å². The number of nitrogens with two attached hydrogens (primary N) is 1. The average molecular weight is 293 g/mol. The van der Waals surface area contributed by atoms with E-state index in [1.54, 1.807) is 12.2 Å². The molecule has 0 aliphatic carbocycles. The Balaban J connectivity index is 2.61. The Kier molecular flexibility index (Phi) is 7.75. The molecule has 0 aromatic rings. The molecule has 1 atom stereocenters. The van der Waals surface area contributed by atoms with Crippen molar-refractivity contribution in [2.75, 3.05) is 26.2 Å². The quantitative estimate of drug-likeness (QED) is 0.657. The standard InChI is InChI=1S/C16H27N3O2/c1-3-6-13(7-4-2)16(21)19-11-5-8-14(12-19)15(20)18-10-9-17/h3-4,13-14H,1-2,5-12,17H2,(H,18,20). The highest BCUT2D eigenvalue weighted by Crippen LogP contribution is 2.21. The number of hydrogen-bond acceptors (Lipinski definition) is 3. The van der Waals surface area contributed by atoms with Gasteiger partial charge in [0.2, 0.25) is 11.8 Å². The fourth-order valence-corrected chi connectivity index (χ4v) is 2.69. The molecule has 1 fully saturated rings. The van der Waals surface area contributed by atoms with E-state index in [4.69, 9.17) is 5.73 Å². The van der Waals surface area contributed by atoms with Crippen LogP contribution in [-0.2, 0) is 9.59 Å². The van der Waals surface area contributed by atoms with Crippen LogP contribution >= 0.6 is 0 Å². The van der Waals surface area contributed by atoms with Crippen molar-refractivity contribution in [3.05, 3.63) is 25.3 Å². The van der Waals surface area contributed by atoms with Crippen LogP contribution in [0.25, 0.3) is 0 Å². The molecule has 1 aliphatic rings. The number of carbonyl (C=O) groups is 2. The SMILES string of the molecule is C=CCC(CC=C)C(=O)N1CCCC(C(=O)NCCN)C1. The molecule has 5 heteroatoms. The minimum atomic E-state index is -0.123. The van der Waals surface area contributed by atoms with Gasteiger partial charge in [0.15, 0.2) is 0 Å². The van der Waals surface area contributed by atoms with Gasteiger partial charge in [-0.1, -0.05) is 12.2 Å². The smallest absolute Gasteiger partial charge is 0.226 e. The van der Waals surface area contributed by atoms with Gasteiger partial charge in [-0.2, -0.15) is 0 Å². The Morgan fingerprint density at radius 3 is 2.57 bits per heavy atom. The van der Waals surface area contributed by atoms with Crippen molar-refractivity contribution in [3.8, 4) is 0 Å². The van der Waals surface area contributed by atoms with Gasteiger partial charge in [0.1, 0.15) is 0 Å². The summed E-state index contributed by atoms with van der Waals surface area (Å²) in [6, 6.07) is 0. The van der Waals surface area contributed by atoms with Gasteiger partial charge in [-0.15, -0.1) is 13.2 Å². The van der Waals surface area contributed by atoms with Crippen LogP contribution in [0, 0.1) is 11.8 Å². The Hall–Kier alpha value is -1.62. The molecule has 0 aromatic heterocycles. The molecule has 1 heterocycles. The molecule has 1 saturated heterocycles. The minimum absolute atomic E-state index is 0.00180. The number of nitrogens with one attached hydrogen (secondary N) is 1. The van der Waals surface area contributed by atoms with Crippen LogP contribution < -0.4 is 11.1 Å². The maximum absolute atomic E-state index is 12.5. The van der Waals surface area contributed by atoms with Gasteiger partial charge in [-0.05, 0) is 25.7 Å². The summed E-state index contributed by atoms with van der Waals surface area (Å²) in [6.07, 6.45) is 6.51. The van der Waals surface area contributed by atoms with Gasteiger partial charge >= 0.3 is 0 Å². The highest BCUT2D eigenvalue weighted by Gasteiger charge is 2.30. The Morgan fingerprint density at radius 2 is 2.00 bits per heavy atom. The van der Waals surface area contributed by atoms with Gasteiger partial charge in [-0.3, -0.25) is 9.59 Å². The number of allylic oxidation sites excluding steroid dienone is 2. The molecule has 3 N–H and O–H groups in total. The molecular weight excluding hydrogens is 266 g/mol. The maximum Gasteiger partial charge on any atom is 0.226 e. The van der Waals surface area contributed by atoms with Gasteiger partial charge in [0.05, 0.1) is 5.92 Å². The Bertz CT molecular complexity index is 372. The van der Waals surface area contributed by atoms with Gasteiger partial charge in [-0.25, -0.2) is 0 Å². The summed E-state index contributed by atoms with van der Waals surface area (Å²) in [5.74, 6) is -0.124. The molecule has 0 aromatic carbocycles. The predicted molar refractivity (Wildman–Crippen MR) is 84.5 cm³/mol. The lowest BCUT2D eigenvalue weighted by molar-refractivity contribution is -0.139. The first-order valence-corrected chi connectivity index (χ1v) is 7.62. The zero-order valence-electron chi connectivity index (χ0n) is 12.7. The van der Waals surface area contributed by atoms with E-state index < -0.39 is 0 Å². The fraction of sp³-hybridized carbons (Fsp3) is 0.625. The molecule has 21 heavy (non-hydrogen) atoms. The van der Waals surface area contributed by atoms with E-state index in [1.165, 1.54) is 0 Å². The average Bonchev–Trinajstić information content (AvgIpc) is 2.51. The summed E-state index contributed by atoms with van der Waals surface area (Å²) in [7, 11) is 0. The van der Waals surface area contributed by atoms with Gasteiger partial charge in [0, 0.05) is 32.1 Å². The first kappa shape index (κ1) is 17.4. The van der Waals surface area contributed by atoms with Gasteiger partial charge in [0.25, 0.3) is 0 Å². The van der Waals surface area contributed by atoms with E-state index in [9.17, 15) is 9.59 Å². The van der Waals surface area contributed by atoms with E-state index in [0.717, 1.165) is 19.4 Å². The monoisotopic (exact) mass is 293 g/mol. The summed E-state index contributed by atoms with van der Waals surface area (Å²) >= 11 is 0. The fourth-order valence-electron chi connectivity index (χ4n) is 2.69. The van der Waals surface area contributed by atoms with Crippen LogP contribution in [0.2, 0.25) is 0 Å². The highest BCUT2D eigenvalue weighted by atomic mass is 16.2. The maximum atomic E-state index is 12.5.